The maximum Gasteiger partial charge on any atom is 0.328 e. The minimum atomic E-state index is -3.85. The Bertz CT molecular complexity index is 956. The molecule has 25 heavy (non-hydrogen) atoms. The number of nitrogens with one attached hydrogen (secondary N) is 1. The van der Waals surface area contributed by atoms with Gasteiger partial charge >= 0.3 is 5.69 Å². The SMILES string of the molecule is CCN(CC(=O)NC(C)C)S(=O)(=O)c1ccc2c(c1)n(C)c(=O)n2C. The van der Waals surface area contributed by atoms with E-state index in [0.717, 1.165) is 4.31 Å². The molecule has 1 heterocycles. The van der Waals surface area contributed by atoms with Gasteiger partial charge in [-0.15, -0.1) is 0 Å². The van der Waals surface area contributed by atoms with E-state index in [2.05, 4.69) is 5.32 Å². The molecule has 0 aliphatic rings. The highest BCUT2D eigenvalue weighted by atomic mass is 32.2. The van der Waals surface area contributed by atoms with Crippen LogP contribution in [-0.2, 0) is 28.9 Å². The zero-order valence-corrected chi connectivity index (χ0v) is 15.9. The van der Waals surface area contributed by atoms with Crippen LogP contribution in [0.4, 0.5) is 0 Å². The van der Waals surface area contributed by atoms with Crippen LogP contribution >= 0.6 is 0 Å². The lowest BCUT2D eigenvalue weighted by Gasteiger charge is -2.21. The Balaban J connectivity index is 2.43. The lowest BCUT2D eigenvalue weighted by atomic mass is 10.3. The second-order valence-electron chi connectivity index (χ2n) is 6.20. The Labute approximate surface area is 147 Å². The summed E-state index contributed by atoms with van der Waals surface area (Å²) in [6, 6.07) is 4.46. The van der Waals surface area contributed by atoms with Crippen LogP contribution in [0.15, 0.2) is 27.9 Å². The molecule has 0 aliphatic heterocycles. The summed E-state index contributed by atoms with van der Waals surface area (Å²) >= 11 is 0. The molecule has 138 valence electrons. The maximum atomic E-state index is 12.9. The van der Waals surface area contributed by atoms with Gasteiger partial charge in [0.1, 0.15) is 0 Å². The second kappa shape index (κ2) is 7.01. The minimum Gasteiger partial charge on any atom is -0.353 e. The van der Waals surface area contributed by atoms with Crippen molar-refractivity contribution in [2.24, 2.45) is 14.1 Å². The predicted molar refractivity (Wildman–Crippen MR) is 95.9 cm³/mol. The van der Waals surface area contributed by atoms with Crippen LogP contribution in [0.25, 0.3) is 11.0 Å². The first-order valence-corrected chi connectivity index (χ1v) is 9.48. The molecule has 1 N–H and O–H groups in total. The topological polar surface area (TPSA) is 93.4 Å². The van der Waals surface area contributed by atoms with E-state index in [9.17, 15) is 18.0 Å². The van der Waals surface area contributed by atoms with Crippen LogP contribution in [0.5, 0.6) is 0 Å². The molecule has 1 aromatic carbocycles. The van der Waals surface area contributed by atoms with Gasteiger partial charge in [-0.2, -0.15) is 4.31 Å². The summed E-state index contributed by atoms with van der Waals surface area (Å²) in [6.07, 6.45) is 0. The Kier molecular flexibility index (Phi) is 5.38. The Morgan fingerprint density at radius 2 is 1.80 bits per heavy atom. The van der Waals surface area contributed by atoms with Crippen molar-refractivity contribution in [2.75, 3.05) is 13.1 Å². The number of rotatable bonds is 6. The third-order valence-corrected chi connectivity index (χ3v) is 5.92. The van der Waals surface area contributed by atoms with E-state index < -0.39 is 10.0 Å². The van der Waals surface area contributed by atoms with E-state index in [4.69, 9.17) is 0 Å². The number of aryl methyl sites for hydroxylation is 2. The van der Waals surface area contributed by atoms with Gasteiger partial charge in [0.15, 0.2) is 0 Å². The number of nitrogens with zero attached hydrogens (tertiary/aromatic N) is 3. The molecule has 2 aromatic rings. The summed E-state index contributed by atoms with van der Waals surface area (Å²) in [5.74, 6) is -0.353. The highest BCUT2D eigenvalue weighted by Gasteiger charge is 2.26. The van der Waals surface area contributed by atoms with Crippen molar-refractivity contribution in [1.82, 2.24) is 18.8 Å². The first-order valence-electron chi connectivity index (χ1n) is 8.04. The van der Waals surface area contributed by atoms with Crippen LogP contribution in [0.2, 0.25) is 0 Å². The fraction of sp³-hybridized carbons (Fsp3) is 0.500. The van der Waals surface area contributed by atoms with E-state index in [1.54, 1.807) is 27.1 Å². The average Bonchev–Trinajstić information content (AvgIpc) is 2.76. The first kappa shape index (κ1) is 19.2. The third-order valence-electron chi connectivity index (χ3n) is 4.00. The van der Waals surface area contributed by atoms with Crippen molar-refractivity contribution in [3.8, 4) is 0 Å². The third kappa shape index (κ3) is 3.62. The first-order chi connectivity index (χ1) is 11.6. The average molecular weight is 368 g/mol. The van der Waals surface area contributed by atoms with Gasteiger partial charge in [0, 0.05) is 26.7 Å². The second-order valence-corrected chi connectivity index (χ2v) is 8.14. The Morgan fingerprint density at radius 3 is 2.36 bits per heavy atom. The molecule has 0 radical (unpaired) electrons. The van der Waals surface area contributed by atoms with Crippen molar-refractivity contribution in [2.45, 2.75) is 31.7 Å². The number of carbonyl (C=O) groups excluding carboxylic acids is 1. The van der Waals surface area contributed by atoms with E-state index in [-0.39, 0.29) is 35.6 Å². The van der Waals surface area contributed by atoms with Crippen LogP contribution in [-0.4, -0.2) is 46.9 Å². The number of aromatic nitrogens is 2. The zero-order valence-electron chi connectivity index (χ0n) is 15.1. The van der Waals surface area contributed by atoms with Gasteiger partial charge in [-0.25, -0.2) is 13.2 Å². The molecule has 8 nitrogen and oxygen atoms in total. The maximum absolute atomic E-state index is 12.9. The summed E-state index contributed by atoms with van der Waals surface area (Å²) in [5.41, 5.74) is 0.941. The number of hydrogen-bond donors (Lipinski definition) is 1. The lowest BCUT2D eigenvalue weighted by molar-refractivity contribution is -0.121. The van der Waals surface area contributed by atoms with Crippen molar-refractivity contribution >= 4 is 27.0 Å². The Morgan fingerprint density at radius 1 is 1.20 bits per heavy atom. The molecular weight excluding hydrogens is 344 g/mol. The number of fused-ring (bicyclic) bond motifs is 1. The zero-order chi connectivity index (χ0) is 18.9. The largest absolute Gasteiger partial charge is 0.353 e. The summed E-state index contributed by atoms with van der Waals surface area (Å²) in [6.45, 7) is 5.22. The smallest absolute Gasteiger partial charge is 0.328 e. The van der Waals surface area contributed by atoms with Crippen molar-refractivity contribution < 1.29 is 13.2 Å². The molecule has 1 aromatic heterocycles. The van der Waals surface area contributed by atoms with Gasteiger partial charge in [0.05, 0.1) is 22.5 Å². The molecular formula is C16H24N4O4S. The number of amides is 1. The molecule has 0 spiro atoms. The van der Waals surface area contributed by atoms with Crippen LogP contribution in [0.3, 0.4) is 0 Å². The van der Waals surface area contributed by atoms with E-state index in [0.29, 0.717) is 11.0 Å². The number of likely N-dealkylation sites (N-methyl/N-ethyl adjacent to an activating group) is 1. The number of hydrogen-bond acceptors (Lipinski definition) is 4. The van der Waals surface area contributed by atoms with Gasteiger partial charge in [0.25, 0.3) is 0 Å². The number of benzene rings is 1. The molecule has 1 amide bonds. The predicted octanol–water partition coefficient (Wildman–Crippen LogP) is 0.412. The summed E-state index contributed by atoms with van der Waals surface area (Å²) in [4.78, 5) is 24.0. The quantitative estimate of drug-likeness (QED) is 0.799. The fourth-order valence-electron chi connectivity index (χ4n) is 2.69. The van der Waals surface area contributed by atoms with Crippen molar-refractivity contribution in [1.29, 1.82) is 0 Å². The summed E-state index contributed by atoms with van der Waals surface area (Å²) < 4.78 is 29.7. The number of sulfonamides is 1. The lowest BCUT2D eigenvalue weighted by Crippen LogP contribution is -2.42. The summed E-state index contributed by atoms with van der Waals surface area (Å²) in [7, 11) is -0.622. The van der Waals surface area contributed by atoms with Gasteiger partial charge in [-0.05, 0) is 32.0 Å². The number of imidazole rings is 1. The van der Waals surface area contributed by atoms with Crippen LogP contribution in [0.1, 0.15) is 20.8 Å². The van der Waals surface area contributed by atoms with Crippen molar-refractivity contribution in [3.05, 3.63) is 28.7 Å². The highest BCUT2D eigenvalue weighted by Crippen LogP contribution is 2.21. The van der Waals surface area contributed by atoms with Crippen LogP contribution < -0.4 is 11.0 Å². The van der Waals surface area contributed by atoms with Gasteiger partial charge in [0.2, 0.25) is 15.9 Å². The number of carbonyl (C=O) groups is 1. The minimum absolute atomic E-state index is 0.0559. The molecule has 9 heteroatoms. The standard InChI is InChI=1S/C16H24N4O4S/c1-6-20(10-15(21)17-11(2)3)25(23,24)12-7-8-13-14(9-12)19(5)16(22)18(13)4/h7-9,11H,6,10H2,1-5H3,(H,17,21). The fourth-order valence-corrected chi connectivity index (χ4v) is 4.12. The van der Waals surface area contributed by atoms with E-state index in [1.165, 1.54) is 21.3 Å². The molecule has 0 saturated heterocycles. The monoisotopic (exact) mass is 368 g/mol. The van der Waals surface area contributed by atoms with Gasteiger partial charge in [-0.1, -0.05) is 6.92 Å². The van der Waals surface area contributed by atoms with Crippen LogP contribution in [0, 0.1) is 0 Å². The normalized spacial score (nSPS) is 12.3. The highest BCUT2D eigenvalue weighted by molar-refractivity contribution is 7.89. The molecule has 0 atom stereocenters. The van der Waals surface area contributed by atoms with E-state index in [1.807, 2.05) is 13.8 Å². The molecule has 0 unspecified atom stereocenters. The van der Waals surface area contributed by atoms with E-state index >= 15 is 0 Å². The molecule has 0 saturated carbocycles. The Hall–Kier alpha value is -2.13. The molecule has 0 bridgehead atoms. The molecule has 0 aliphatic carbocycles. The summed E-state index contributed by atoms with van der Waals surface area (Å²) in [5, 5.41) is 2.69. The van der Waals surface area contributed by atoms with Gasteiger partial charge in [-0.3, -0.25) is 13.9 Å². The van der Waals surface area contributed by atoms with Crippen molar-refractivity contribution in [3.63, 3.8) is 0 Å². The van der Waals surface area contributed by atoms with Gasteiger partial charge < -0.3 is 5.32 Å². The molecule has 2 rings (SSSR count). The molecule has 0 fully saturated rings.